The zero-order valence-corrected chi connectivity index (χ0v) is 6.40. The van der Waals surface area contributed by atoms with Gasteiger partial charge in [-0.25, -0.2) is 0 Å². The van der Waals surface area contributed by atoms with Crippen molar-refractivity contribution in [1.82, 2.24) is 5.16 Å². The van der Waals surface area contributed by atoms with Crippen molar-refractivity contribution < 1.29 is 4.52 Å². The van der Waals surface area contributed by atoms with Gasteiger partial charge in [0, 0.05) is 11.8 Å². The predicted molar refractivity (Wildman–Crippen MR) is 46.2 cm³/mol. The molecule has 1 aromatic carbocycles. The highest BCUT2D eigenvalue weighted by Crippen LogP contribution is 2.12. The molecule has 60 valence electrons. The van der Waals surface area contributed by atoms with E-state index >= 15 is 0 Å². The molecule has 0 saturated carbocycles. The average molecular weight is 160 g/mol. The second-order valence-corrected chi connectivity index (χ2v) is 2.38. The van der Waals surface area contributed by atoms with Gasteiger partial charge in [-0.1, -0.05) is 23.4 Å². The quantitative estimate of drug-likeness (QED) is 0.733. The van der Waals surface area contributed by atoms with Crippen molar-refractivity contribution in [1.29, 1.82) is 0 Å². The summed E-state index contributed by atoms with van der Waals surface area (Å²) in [5, 5.41) is 6.80. The third-order valence-electron chi connectivity index (χ3n) is 1.48. The Kier molecular flexibility index (Phi) is 1.78. The zero-order chi connectivity index (χ0) is 8.23. The van der Waals surface area contributed by atoms with Gasteiger partial charge in [-0.05, 0) is 12.1 Å². The van der Waals surface area contributed by atoms with Gasteiger partial charge in [0.1, 0.15) is 6.26 Å². The average Bonchev–Trinajstić information content (AvgIpc) is 2.59. The number of nitrogens with zero attached hydrogens (tertiary/aromatic N) is 1. The minimum Gasteiger partial charge on any atom is -0.363 e. The van der Waals surface area contributed by atoms with Crippen molar-refractivity contribution in [3.05, 3.63) is 42.7 Å². The van der Waals surface area contributed by atoms with E-state index in [9.17, 15) is 0 Å². The molecule has 0 amide bonds. The summed E-state index contributed by atoms with van der Waals surface area (Å²) in [5.41, 5.74) is 1.01. The molecule has 1 heterocycles. The third-order valence-corrected chi connectivity index (χ3v) is 1.48. The van der Waals surface area contributed by atoms with E-state index in [0.29, 0.717) is 0 Å². The van der Waals surface area contributed by atoms with E-state index in [-0.39, 0.29) is 0 Å². The van der Waals surface area contributed by atoms with Gasteiger partial charge in [0.25, 0.3) is 0 Å². The van der Waals surface area contributed by atoms with Crippen LogP contribution < -0.4 is 5.32 Å². The molecule has 0 unspecified atom stereocenters. The standard InChI is InChI=1S/C9H8N2O/c1-2-4-8(5-3-1)10-9-6-7-12-11-9/h1-7H,(H,10,11). The Balaban J connectivity index is 2.15. The summed E-state index contributed by atoms with van der Waals surface area (Å²) in [7, 11) is 0. The molecule has 0 atom stereocenters. The first-order valence-corrected chi connectivity index (χ1v) is 3.67. The lowest BCUT2D eigenvalue weighted by atomic mass is 10.3. The zero-order valence-electron chi connectivity index (χ0n) is 6.40. The van der Waals surface area contributed by atoms with Crippen LogP contribution in [-0.2, 0) is 0 Å². The van der Waals surface area contributed by atoms with Crippen LogP contribution in [0.3, 0.4) is 0 Å². The van der Waals surface area contributed by atoms with Crippen molar-refractivity contribution in [2.45, 2.75) is 0 Å². The molecule has 0 spiro atoms. The van der Waals surface area contributed by atoms with Gasteiger partial charge in [-0.15, -0.1) is 0 Å². The maximum atomic E-state index is 4.67. The Morgan fingerprint density at radius 1 is 1.08 bits per heavy atom. The van der Waals surface area contributed by atoms with Crippen molar-refractivity contribution >= 4 is 11.5 Å². The van der Waals surface area contributed by atoms with E-state index in [0.717, 1.165) is 11.5 Å². The minimum atomic E-state index is 0.723. The highest BCUT2D eigenvalue weighted by molar-refractivity contribution is 5.54. The Morgan fingerprint density at radius 3 is 2.58 bits per heavy atom. The molecule has 12 heavy (non-hydrogen) atoms. The van der Waals surface area contributed by atoms with Crippen LogP contribution in [0.4, 0.5) is 11.5 Å². The molecule has 0 aliphatic heterocycles. The first-order chi connectivity index (χ1) is 5.95. The maximum Gasteiger partial charge on any atom is 0.173 e. The molecule has 0 aliphatic rings. The second kappa shape index (κ2) is 3.09. The maximum absolute atomic E-state index is 4.67. The third kappa shape index (κ3) is 1.45. The molecular weight excluding hydrogens is 152 g/mol. The van der Waals surface area contributed by atoms with Gasteiger partial charge in [-0.3, -0.25) is 0 Å². The normalized spacial score (nSPS) is 9.67. The van der Waals surface area contributed by atoms with Crippen LogP contribution in [0.15, 0.2) is 47.2 Å². The molecule has 0 saturated heterocycles. The van der Waals surface area contributed by atoms with E-state index in [2.05, 4.69) is 15.0 Å². The highest BCUT2D eigenvalue weighted by atomic mass is 16.5. The summed E-state index contributed by atoms with van der Waals surface area (Å²) < 4.78 is 4.67. The molecule has 2 rings (SSSR count). The summed E-state index contributed by atoms with van der Waals surface area (Å²) in [4.78, 5) is 0. The topological polar surface area (TPSA) is 38.1 Å². The summed E-state index contributed by atoms with van der Waals surface area (Å²) in [6, 6.07) is 11.6. The van der Waals surface area contributed by atoms with Gasteiger partial charge in [0.15, 0.2) is 5.82 Å². The summed E-state index contributed by atoms with van der Waals surface area (Å²) in [6.07, 6.45) is 1.53. The number of anilines is 2. The molecule has 0 aliphatic carbocycles. The molecule has 3 nitrogen and oxygen atoms in total. The number of nitrogens with one attached hydrogen (secondary N) is 1. The minimum absolute atomic E-state index is 0.723. The highest BCUT2D eigenvalue weighted by Gasteiger charge is 1.94. The van der Waals surface area contributed by atoms with Crippen molar-refractivity contribution in [2.24, 2.45) is 0 Å². The second-order valence-electron chi connectivity index (χ2n) is 2.38. The molecule has 2 aromatic rings. The number of hydrogen-bond acceptors (Lipinski definition) is 3. The van der Waals surface area contributed by atoms with Gasteiger partial charge in [0.05, 0.1) is 0 Å². The first-order valence-electron chi connectivity index (χ1n) is 3.67. The lowest BCUT2D eigenvalue weighted by Crippen LogP contribution is -1.88. The fourth-order valence-electron chi connectivity index (χ4n) is 0.946. The molecule has 0 fully saturated rings. The van der Waals surface area contributed by atoms with E-state index in [1.54, 1.807) is 6.07 Å². The molecule has 1 N–H and O–H groups in total. The summed E-state index contributed by atoms with van der Waals surface area (Å²) >= 11 is 0. The molecule has 1 aromatic heterocycles. The fourth-order valence-corrected chi connectivity index (χ4v) is 0.946. The number of para-hydroxylation sites is 1. The van der Waals surface area contributed by atoms with Gasteiger partial charge in [-0.2, -0.15) is 0 Å². The monoisotopic (exact) mass is 160 g/mol. The lowest BCUT2D eigenvalue weighted by molar-refractivity contribution is 0.423. The Hall–Kier alpha value is -1.77. The summed E-state index contributed by atoms with van der Waals surface area (Å²) in [6.45, 7) is 0. The van der Waals surface area contributed by atoms with Gasteiger partial charge >= 0.3 is 0 Å². The molecular formula is C9H8N2O. The van der Waals surface area contributed by atoms with Crippen molar-refractivity contribution in [2.75, 3.05) is 5.32 Å². The van der Waals surface area contributed by atoms with E-state index in [1.165, 1.54) is 6.26 Å². The molecule has 3 heteroatoms. The largest absolute Gasteiger partial charge is 0.363 e. The Morgan fingerprint density at radius 2 is 1.92 bits per heavy atom. The smallest absolute Gasteiger partial charge is 0.173 e. The number of benzene rings is 1. The van der Waals surface area contributed by atoms with E-state index in [1.807, 2.05) is 30.3 Å². The molecule has 0 bridgehead atoms. The lowest BCUT2D eigenvalue weighted by Gasteiger charge is -1.99. The number of rotatable bonds is 2. The predicted octanol–water partition coefficient (Wildman–Crippen LogP) is 2.42. The van der Waals surface area contributed by atoms with Crippen LogP contribution >= 0.6 is 0 Å². The van der Waals surface area contributed by atoms with Gasteiger partial charge < -0.3 is 9.84 Å². The first kappa shape index (κ1) is 6.91. The number of aromatic nitrogens is 1. The van der Waals surface area contributed by atoms with Crippen molar-refractivity contribution in [3.8, 4) is 0 Å². The van der Waals surface area contributed by atoms with Crippen molar-refractivity contribution in [3.63, 3.8) is 0 Å². The van der Waals surface area contributed by atoms with Crippen LogP contribution in [0.1, 0.15) is 0 Å². The Labute approximate surface area is 70.0 Å². The van der Waals surface area contributed by atoms with E-state index < -0.39 is 0 Å². The number of hydrogen-bond donors (Lipinski definition) is 1. The van der Waals surface area contributed by atoms with Crippen LogP contribution in [0.5, 0.6) is 0 Å². The fraction of sp³-hybridized carbons (Fsp3) is 0. The summed E-state index contributed by atoms with van der Waals surface area (Å²) in [5.74, 6) is 0.723. The van der Waals surface area contributed by atoms with Crippen LogP contribution in [0.25, 0.3) is 0 Å². The Bertz CT molecular complexity index is 329. The van der Waals surface area contributed by atoms with E-state index in [4.69, 9.17) is 0 Å². The van der Waals surface area contributed by atoms with Gasteiger partial charge in [0.2, 0.25) is 0 Å². The van der Waals surface area contributed by atoms with Crippen LogP contribution in [0, 0.1) is 0 Å². The van der Waals surface area contributed by atoms with Crippen LogP contribution in [0.2, 0.25) is 0 Å². The van der Waals surface area contributed by atoms with Crippen LogP contribution in [-0.4, -0.2) is 5.16 Å². The molecule has 0 radical (unpaired) electrons. The SMILES string of the molecule is c1ccc(Nc2ccon2)cc1.